The predicted molar refractivity (Wildman–Crippen MR) is 142 cm³/mol. The molecule has 0 bridgehead atoms. The molecule has 1 aliphatic heterocycles. The maximum atomic E-state index is 11.3. The SMILES string of the molecule is CCc1noc([C@H]2O[C@@H](n3cnc4c(NC(CC)CC)nc(NCCc5cn(C)cn5)nc43)[C@H](O)[C@@H]2OC=O)n1. The van der Waals surface area contributed by atoms with Crippen LogP contribution in [0.5, 0.6) is 0 Å². The quantitative estimate of drug-likeness (QED) is 0.204. The van der Waals surface area contributed by atoms with Crippen molar-refractivity contribution in [3.8, 4) is 0 Å². The van der Waals surface area contributed by atoms with E-state index in [0.717, 1.165) is 18.5 Å². The highest BCUT2D eigenvalue weighted by molar-refractivity contribution is 5.84. The minimum Gasteiger partial charge on any atom is -0.458 e. The number of ether oxygens (including phenoxy) is 2. The molecule has 0 spiro atoms. The Labute approximate surface area is 230 Å². The van der Waals surface area contributed by atoms with Crippen LogP contribution in [0.1, 0.15) is 63.4 Å². The van der Waals surface area contributed by atoms with Gasteiger partial charge in [-0.1, -0.05) is 25.9 Å². The third-order valence-corrected chi connectivity index (χ3v) is 6.91. The van der Waals surface area contributed by atoms with Crippen LogP contribution < -0.4 is 10.6 Å². The van der Waals surface area contributed by atoms with E-state index in [4.69, 9.17) is 24.0 Å². The Morgan fingerprint density at radius 2 is 2.00 bits per heavy atom. The molecule has 0 unspecified atom stereocenters. The number of aliphatic hydroxyl groups excluding tert-OH is 1. The van der Waals surface area contributed by atoms with Crippen molar-refractivity contribution in [1.82, 2.24) is 39.2 Å². The fraction of sp³-hybridized carbons (Fsp3) is 0.560. The van der Waals surface area contributed by atoms with Gasteiger partial charge >= 0.3 is 0 Å². The minimum atomic E-state index is -1.27. The van der Waals surface area contributed by atoms with Gasteiger partial charge in [0.2, 0.25) is 5.95 Å². The average molecular weight is 555 g/mol. The van der Waals surface area contributed by atoms with E-state index in [9.17, 15) is 9.90 Å². The molecule has 0 radical (unpaired) electrons. The van der Waals surface area contributed by atoms with Crippen LogP contribution in [0.3, 0.4) is 0 Å². The number of aryl methyl sites for hydroxylation is 2. The number of anilines is 2. The predicted octanol–water partition coefficient (Wildman–Crippen LogP) is 1.93. The molecule has 4 atom stereocenters. The van der Waals surface area contributed by atoms with E-state index in [-0.39, 0.29) is 18.4 Å². The van der Waals surface area contributed by atoms with Crippen molar-refractivity contribution in [3.05, 3.63) is 36.3 Å². The minimum absolute atomic E-state index is 0.109. The van der Waals surface area contributed by atoms with Crippen LogP contribution in [0.2, 0.25) is 0 Å². The first-order valence-electron chi connectivity index (χ1n) is 13.4. The van der Waals surface area contributed by atoms with Gasteiger partial charge in [0.15, 0.2) is 41.2 Å². The Bertz CT molecular complexity index is 1430. The fourth-order valence-corrected chi connectivity index (χ4v) is 4.69. The van der Waals surface area contributed by atoms with Gasteiger partial charge in [-0.15, -0.1) is 0 Å². The summed E-state index contributed by atoms with van der Waals surface area (Å²) in [6, 6.07) is 0.179. The summed E-state index contributed by atoms with van der Waals surface area (Å²) in [5.74, 6) is 1.53. The van der Waals surface area contributed by atoms with Gasteiger partial charge in [0.05, 0.1) is 18.3 Å². The average Bonchev–Trinajstić information content (AvgIpc) is 3.75. The van der Waals surface area contributed by atoms with Gasteiger partial charge < -0.3 is 34.3 Å². The fourth-order valence-electron chi connectivity index (χ4n) is 4.69. The first-order chi connectivity index (χ1) is 19.4. The number of hydrogen-bond donors (Lipinski definition) is 3. The molecule has 4 aromatic heterocycles. The van der Waals surface area contributed by atoms with Crippen molar-refractivity contribution >= 4 is 29.4 Å². The van der Waals surface area contributed by atoms with Crippen molar-refractivity contribution in [2.45, 2.75) is 77.0 Å². The lowest BCUT2D eigenvalue weighted by Crippen LogP contribution is -2.31. The first kappa shape index (κ1) is 27.5. The van der Waals surface area contributed by atoms with E-state index in [0.29, 0.717) is 48.1 Å². The van der Waals surface area contributed by atoms with Crippen molar-refractivity contribution in [1.29, 1.82) is 0 Å². The molecule has 1 aliphatic rings. The van der Waals surface area contributed by atoms with Crippen molar-refractivity contribution in [3.63, 3.8) is 0 Å². The topological polar surface area (TPSA) is 180 Å². The molecule has 5 heterocycles. The van der Waals surface area contributed by atoms with Crippen molar-refractivity contribution in [2.75, 3.05) is 17.2 Å². The number of imidazole rings is 2. The van der Waals surface area contributed by atoms with Crippen molar-refractivity contribution < 1.29 is 23.9 Å². The molecule has 5 rings (SSSR count). The molecule has 0 aliphatic carbocycles. The highest BCUT2D eigenvalue weighted by Crippen LogP contribution is 2.41. The highest BCUT2D eigenvalue weighted by Gasteiger charge is 2.50. The lowest BCUT2D eigenvalue weighted by molar-refractivity contribution is -0.140. The number of rotatable bonds is 13. The summed E-state index contributed by atoms with van der Waals surface area (Å²) in [7, 11) is 1.92. The Morgan fingerprint density at radius 1 is 1.18 bits per heavy atom. The standard InChI is InChI=1S/C25H34N10O5/c1-5-14(6-2)29-21-17-22(32-25(31-21)26-9-8-15-10-34(4)11-27-15)35(12-28-17)24-18(37)19(38-13-36)20(39-24)23-30-16(7-3)33-40-23/h10-14,18-20,24,37H,5-9H2,1-4H3,(H2,26,29,31,32)/t18-,19+,20+,24-/m1/s1. The van der Waals surface area contributed by atoms with Crippen LogP contribution in [0.4, 0.5) is 11.8 Å². The van der Waals surface area contributed by atoms with Gasteiger partial charge in [-0.3, -0.25) is 9.36 Å². The van der Waals surface area contributed by atoms with E-state index >= 15 is 0 Å². The van der Waals surface area contributed by atoms with Crippen molar-refractivity contribution in [2.24, 2.45) is 7.05 Å². The van der Waals surface area contributed by atoms with Gasteiger partial charge in [-0.05, 0) is 12.8 Å². The molecule has 4 aromatic rings. The largest absolute Gasteiger partial charge is 0.458 e. The number of nitrogens with zero attached hydrogens (tertiary/aromatic N) is 8. The van der Waals surface area contributed by atoms with Crippen LogP contribution in [-0.2, 0) is 34.2 Å². The van der Waals surface area contributed by atoms with Crippen LogP contribution in [-0.4, -0.2) is 75.6 Å². The zero-order valence-electron chi connectivity index (χ0n) is 22.9. The third-order valence-electron chi connectivity index (χ3n) is 6.91. The smallest absolute Gasteiger partial charge is 0.293 e. The van der Waals surface area contributed by atoms with E-state index in [1.807, 2.05) is 24.7 Å². The zero-order chi connectivity index (χ0) is 28.2. The van der Waals surface area contributed by atoms with Crippen LogP contribution in [0, 0.1) is 0 Å². The molecule has 40 heavy (non-hydrogen) atoms. The molecule has 0 saturated carbocycles. The molecule has 214 valence electrons. The van der Waals surface area contributed by atoms with Gasteiger partial charge in [0.1, 0.15) is 6.10 Å². The second kappa shape index (κ2) is 12.0. The third kappa shape index (κ3) is 5.47. The second-order valence-corrected chi connectivity index (χ2v) is 9.62. The number of aromatic nitrogens is 8. The Kier molecular flexibility index (Phi) is 8.21. The lowest BCUT2D eigenvalue weighted by Gasteiger charge is -2.19. The monoisotopic (exact) mass is 554 g/mol. The number of fused-ring (bicyclic) bond motifs is 1. The van der Waals surface area contributed by atoms with Crippen LogP contribution >= 0.6 is 0 Å². The number of hydrogen-bond acceptors (Lipinski definition) is 13. The molecule has 15 heteroatoms. The van der Waals surface area contributed by atoms with E-state index in [1.165, 1.54) is 6.33 Å². The Balaban J connectivity index is 1.48. The summed E-state index contributed by atoms with van der Waals surface area (Å²) in [5.41, 5.74) is 1.89. The maximum Gasteiger partial charge on any atom is 0.293 e. The summed E-state index contributed by atoms with van der Waals surface area (Å²) in [6.45, 7) is 6.90. The zero-order valence-corrected chi connectivity index (χ0v) is 22.9. The molecular weight excluding hydrogens is 520 g/mol. The Morgan fingerprint density at radius 3 is 2.67 bits per heavy atom. The summed E-state index contributed by atoms with van der Waals surface area (Å²) >= 11 is 0. The molecule has 15 nitrogen and oxygen atoms in total. The highest BCUT2D eigenvalue weighted by atomic mass is 16.6. The van der Waals surface area contributed by atoms with Gasteiger partial charge in [0, 0.05) is 38.7 Å². The molecule has 1 fully saturated rings. The second-order valence-electron chi connectivity index (χ2n) is 9.62. The summed E-state index contributed by atoms with van der Waals surface area (Å²) in [5, 5.41) is 21.9. The molecule has 0 amide bonds. The lowest BCUT2D eigenvalue weighted by atomic mass is 10.1. The number of carbonyl (C=O) groups excluding carboxylic acids is 1. The number of nitrogens with one attached hydrogen (secondary N) is 2. The van der Waals surface area contributed by atoms with Crippen LogP contribution in [0.25, 0.3) is 11.2 Å². The normalized spacial score (nSPS) is 20.9. The van der Waals surface area contributed by atoms with E-state index in [2.05, 4.69) is 44.6 Å². The molecule has 3 N–H and O–H groups in total. The first-order valence-corrected chi connectivity index (χ1v) is 13.4. The summed E-state index contributed by atoms with van der Waals surface area (Å²) in [6.07, 6.45) is 3.93. The summed E-state index contributed by atoms with van der Waals surface area (Å²) in [4.78, 5) is 33.9. The van der Waals surface area contributed by atoms with Gasteiger partial charge in [0.25, 0.3) is 12.4 Å². The van der Waals surface area contributed by atoms with E-state index in [1.54, 1.807) is 10.9 Å². The number of aliphatic hydroxyl groups is 1. The van der Waals surface area contributed by atoms with Gasteiger partial charge in [-0.2, -0.15) is 15.0 Å². The van der Waals surface area contributed by atoms with Crippen LogP contribution in [0.15, 0.2) is 23.4 Å². The molecular formula is C25H34N10O5. The van der Waals surface area contributed by atoms with E-state index < -0.39 is 24.5 Å². The molecule has 1 saturated heterocycles. The Hall–Kier alpha value is -4.11. The summed E-state index contributed by atoms with van der Waals surface area (Å²) < 4.78 is 20.2. The molecule has 0 aromatic carbocycles. The number of carbonyl (C=O) groups is 1. The maximum absolute atomic E-state index is 11.3. The van der Waals surface area contributed by atoms with Gasteiger partial charge in [-0.25, -0.2) is 9.97 Å².